The third-order valence-corrected chi connectivity index (χ3v) is 3.36. The smallest absolute Gasteiger partial charge is 0.469 e. The minimum absolute atomic E-state index is 0.0561. The molecular formula is C11H20NO12P. The number of esters is 1. The van der Waals surface area contributed by atoms with Gasteiger partial charge in [-0.1, -0.05) is 0 Å². The summed E-state index contributed by atoms with van der Waals surface area (Å²) in [5.74, 6) is -2.45. The number of phosphoric ester groups is 1. The third-order valence-electron chi connectivity index (χ3n) is 2.87. The van der Waals surface area contributed by atoms with Gasteiger partial charge in [0, 0.05) is 6.42 Å². The van der Waals surface area contributed by atoms with E-state index < -0.39 is 63.2 Å². The number of aliphatic hydroxyl groups excluding tert-OH is 3. The summed E-state index contributed by atoms with van der Waals surface area (Å²) in [6, 6.07) is -1.34. The highest BCUT2D eigenvalue weighted by Gasteiger charge is 2.35. The van der Waals surface area contributed by atoms with Gasteiger partial charge in [0.15, 0.2) is 12.4 Å². The molecule has 0 rings (SSSR count). The SMILES string of the molecule is N[C@@H](CCC(=O)O[C@@H](C=O)[C@@H](O)[C@H](O)[C@H](O)COP(=O)(O)O)C(=O)O. The number of carbonyl (C=O) groups is 3. The lowest BCUT2D eigenvalue weighted by Crippen LogP contribution is -2.48. The number of carboxylic acid groups (broad SMARTS) is 1. The molecule has 25 heavy (non-hydrogen) atoms. The molecule has 0 aromatic rings. The second-order valence-corrected chi connectivity index (χ2v) is 6.15. The molecule has 13 nitrogen and oxygen atoms in total. The molecule has 0 saturated heterocycles. The van der Waals surface area contributed by atoms with Crippen LogP contribution >= 0.6 is 7.82 Å². The fourth-order valence-electron chi connectivity index (χ4n) is 1.48. The van der Waals surface area contributed by atoms with Gasteiger partial charge in [0.25, 0.3) is 0 Å². The molecule has 0 aliphatic heterocycles. The zero-order valence-electron chi connectivity index (χ0n) is 12.7. The lowest BCUT2D eigenvalue weighted by atomic mass is 10.0. The highest BCUT2D eigenvalue weighted by atomic mass is 31.2. The number of nitrogens with two attached hydrogens (primary N) is 1. The summed E-state index contributed by atoms with van der Waals surface area (Å²) in [6.45, 7) is -1.07. The Morgan fingerprint density at radius 2 is 1.72 bits per heavy atom. The van der Waals surface area contributed by atoms with Crippen molar-refractivity contribution in [1.29, 1.82) is 0 Å². The summed E-state index contributed by atoms with van der Waals surface area (Å²) in [6.07, 6.45) is -9.07. The second kappa shape index (κ2) is 10.5. The van der Waals surface area contributed by atoms with Crippen molar-refractivity contribution in [2.24, 2.45) is 5.73 Å². The molecule has 0 aliphatic carbocycles. The van der Waals surface area contributed by atoms with E-state index in [1.54, 1.807) is 0 Å². The Morgan fingerprint density at radius 1 is 1.16 bits per heavy atom. The second-order valence-electron chi connectivity index (χ2n) is 4.91. The molecule has 0 radical (unpaired) electrons. The number of hydrogen-bond donors (Lipinski definition) is 7. The highest BCUT2D eigenvalue weighted by Crippen LogP contribution is 2.35. The lowest BCUT2D eigenvalue weighted by Gasteiger charge is -2.26. The number of aliphatic carboxylic acids is 1. The van der Waals surface area contributed by atoms with Gasteiger partial charge in [0.2, 0.25) is 0 Å². The number of phosphoric acid groups is 1. The first kappa shape index (κ1) is 23.6. The van der Waals surface area contributed by atoms with Crippen LogP contribution in [0.1, 0.15) is 12.8 Å². The Morgan fingerprint density at radius 3 is 2.16 bits per heavy atom. The van der Waals surface area contributed by atoms with Crippen molar-refractivity contribution < 1.29 is 58.4 Å². The Kier molecular flexibility index (Phi) is 9.92. The van der Waals surface area contributed by atoms with Crippen molar-refractivity contribution >= 4 is 26.0 Å². The molecule has 0 aliphatic rings. The minimum atomic E-state index is -4.94. The first-order valence-corrected chi connectivity index (χ1v) is 8.29. The van der Waals surface area contributed by atoms with E-state index in [1.807, 2.05) is 0 Å². The Labute approximate surface area is 141 Å². The lowest BCUT2D eigenvalue weighted by molar-refractivity contribution is -0.168. The number of carboxylic acids is 1. The summed E-state index contributed by atoms with van der Waals surface area (Å²) in [7, 11) is -4.94. The number of aldehydes is 1. The molecule has 0 saturated carbocycles. The molecule has 146 valence electrons. The van der Waals surface area contributed by atoms with Crippen LogP contribution in [0.3, 0.4) is 0 Å². The van der Waals surface area contributed by atoms with Gasteiger partial charge in [0.05, 0.1) is 6.61 Å². The van der Waals surface area contributed by atoms with Gasteiger partial charge in [0.1, 0.15) is 24.4 Å². The van der Waals surface area contributed by atoms with Crippen LogP contribution in [0.2, 0.25) is 0 Å². The quantitative estimate of drug-likeness (QED) is 0.0975. The van der Waals surface area contributed by atoms with Crippen molar-refractivity contribution in [1.82, 2.24) is 0 Å². The van der Waals surface area contributed by atoms with Crippen LogP contribution < -0.4 is 5.73 Å². The largest absolute Gasteiger partial charge is 0.480 e. The normalized spacial score (nSPS) is 17.8. The highest BCUT2D eigenvalue weighted by molar-refractivity contribution is 7.46. The predicted octanol–water partition coefficient (Wildman–Crippen LogP) is -3.52. The van der Waals surface area contributed by atoms with Crippen LogP contribution in [0.25, 0.3) is 0 Å². The van der Waals surface area contributed by atoms with E-state index in [4.69, 9.17) is 20.6 Å². The molecule has 0 bridgehead atoms. The maximum atomic E-state index is 11.5. The molecule has 8 N–H and O–H groups in total. The molecular weight excluding hydrogens is 369 g/mol. The van der Waals surface area contributed by atoms with Gasteiger partial charge in [-0.3, -0.25) is 18.9 Å². The Hall–Kier alpha value is -1.44. The van der Waals surface area contributed by atoms with Crippen LogP contribution in [-0.2, 0) is 28.2 Å². The van der Waals surface area contributed by atoms with E-state index in [2.05, 4.69) is 9.26 Å². The molecule has 0 unspecified atom stereocenters. The summed E-state index contributed by atoms with van der Waals surface area (Å²) in [5.41, 5.74) is 5.17. The van der Waals surface area contributed by atoms with E-state index in [0.717, 1.165) is 0 Å². The molecule has 0 aromatic heterocycles. The fraction of sp³-hybridized carbons (Fsp3) is 0.727. The molecule has 0 fully saturated rings. The van der Waals surface area contributed by atoms with Gasteiger partial charge in [-0.25, -0.2) is 4.57 Å². The first-order valence-electron chi connectivity index (χ1n) is 6.76. The summed E-state index contributed by atoms with van der Waals surface area (Å²) < 4.78 is 18.9. The van der Waals surface area contributed by atoms with Gasteiger partial charge in [-0.05, 0) is 6.42 Å². The van der Waals surface area contributed by atoms with Gasteiger partial charge in [-0.15, -0.1) is 0 Å². The number of ether oxygens (including phenoxy) is 1. The van der Waals surface area contributed by atoms with Crippen molar-refractivity contribution in [2.45, 2.75) is 43.3 Å². The summed E-state index contributed by atoms with van der Waals surface area (Å²) in [5, 5.41) is 37.3. The van der Waals surface area contributed by atoms with E-state index in [9.17, 15) is 34.3 Å². The fourth-order valence-corrected chi connectivity index (χ4v) is 1.83. The first-order chi connectivity index (χ1) is 11.4. The topological polar surface area (TPSA) is 234 Å². The minimum Gasteiger partial charge on any atom is -0.480 e. The van der Waals surface area contributed by atoms with Crippen molar-refractivity contribution in [3.8, 4) is 0 Å². The monoisotopic (exact) mass is 389 g/mol. The predicted molar refractivity (Wildman–Crippen MR) is 76.8 cm³/mol. The Balaban J connectivity index is 4.60. The molecule has 0 aromatic carbocycles. The van der Waals surface area contributed by atoms with Crippen LogP contribution in [0, 0.1) is 0 Å². The number of rotatable bonds is 12. The molecule has 5 atom stereocenters. The van der Waals surface area contributed by atoms with Gasteiger partial charge < -0.3 is 40.7 Å². The summed E-state index contributed by atoms with van der Waals surface area (Å²) >= 11 is 0. The summed E-state index contributed by atoms with van der Waals surface area (Å²) in [4.78, 5) is 49.8. The standard InChI is InChI=1S/C11H20NO12P/c12-5(11(18)19)1-2-8(15)24-7(3-13)10(17)9(16)6(14)4-23-25(20,21)22/h3,5-7,9-10,14,16-17H,1-2,4,12H2,(H,18,19)(H2,20,21,22)/t5-,6+,7-,9+,10+/m0/s1. The average molecular weight is 389 g/mol. The molecule has 14 heteroatoms. The molecule has 0 heterocycles. The van der Waals surface area contributed by atoms with Crippen LogP contribution in [-0.4, -0.2) is 85.5 Å². The van der Waals surface area contributed by atoms with E-state index >= 15 is 0 Å². The zero-order chi connectivity index (χ0) is 19.8. The Bertz CT molecular complexity index is 507. The van der Waals surface area contributed by atoms with Crippen LogP contribution in [0.4, 0.5) is 0 Å². The van der Waals surface area contributed by atoms with Gasteiger partial charge in [-0.2, -0.15) is 0 Å². The third kappa shape index (κ3) is 9.57. The average Bonchev–Trinajstić information content (AvgIpc) is 2.52. The maximum absolute atomic E-state index is 11.5. The molecule has 0 spiro atoms. The van der Waals surface area contributed by atoms with Crippen LogP contribution in [0.15, 0.2) is 0 Å². The maximum Gasteiger partial charge on any atom is 0.469 e. The van der Waals surface area contributed by atoms with Crippen molar-refractivity contribution in [2.75, 3.05) is 6.61 Å². The van der Waals surface area contributed by atoms with Crippen molar-refractivity contribution in [3.05, 3.63) is 0 Å². The zero-order valence-corrected chi connectivity index (χ0v) is 13.6. The van der Waals surface area contributed by atoms with Crippen LogP contribution in [0.5, 0.6) is 0 Å². The van der Waals surface area contributed by atoms with Crippen molar-refractivity contribution in [3.63, 3.8) is 0 Å². The van der Waals surface area contributed by atoms with E-state index in [-0.39, 0.29) is 12.7 Å². The van der Waals surface area contributed by atoms with E-state index in [1.165, 1.54) is 0 Å². The number of carbonyl (C=O) groups excluding carboxylic acids is 2. The van der Waals surface area contributed by atoms with Gasteiger partial charge >= 0.3 is 19.8 Å². The molecule has 0 amide bonds. The number of hydrogen-bond acceptors (Lipinski definition) is 10. The number of aliphatic hydroxyl groups is 3. The van der Waals surface area contributed by atoms with E-state index in [0.29, 0.717) is 0 Å².